The van der Waals surface area contributed by atoms with E-state index in [0.29, 0.717) is 16.4 Å². The maximum Gasteiger partial charge on any atom is 0.340 e. The van der Waals surface area contributed by atoms with Crippen molar-refractivity contribution >= 4 is 28.7 Å². The van der Waals surface area contributed by atoms with Crippen LogP contribution in [0.5, 0.6) is 0 Å². The first kappa shape index (κ1) is 18.5. The molecule has 9 heteroatoms. The Hall–Kier alpha value is -3.33. The van der Waals surface area contributed by atoms with Crippen molar-refractivity contribution in [3.63, 3.8) is 0 Å². The summed E-state index contributed by atoms with van der Waals surface area (Å²) in [4.78, 5) is 27.0. The highest BCUT2D eigenvalue weighted by molar-refractivity contribution is 7.13. The van der Waals surface area contributed by atoms with Crippen LogP contribution in [0.3, 0.4) is 0 Å². The average molecular weight is 387 g/mol. The maximum absolute atomic E-state index is 13.0. The zero-order valence-electron chi connectivity index (χ0n) is 14.1. The van der Waals surface area contributed by atoms with Gasteiger partial charge in [0, 0.05) is 35.8 Å². The summed E-state index contributed by atoms with van der Waals surface area (Å²) in [7, 11) is 1.60. The second-order valence-corrected chi connectivity index (χ2v) is 6.32. The number of hydrogen-bond acceptors (Lipinski definition) is 7. The van der Waals surface area contributed by atoms with Gasteiger partial charge in [0.25, 0.3) is 5.69 Å². The zero-order valence-corrected chi connectivity index (χ0v) is 15.0. The SMILES string of the molecule is CNc1ccc([N+](=O)[O-])cc1C(=O)OCc1csc(-c2ccc(F)cc2)n1. The third kappa shape index (κ3) is 4.26. The van der Waals surface area contributed by atoms with Crippen molar-refractivity contribution in [2.75, 3.05) is 12.4 Å². The van der Waals surface area contributed by atoms with Crippen LogP contribution in [0.4, 0.5) is 15.8 Å². The highest BCUT2D eigenvalue weighted by atomic mass is 32.1. The van der Waals surface area contributed by atoms with Gasteiger partial charge >= 0.3 is 5.97 Å². The van der Waals surface area contributed by atoms with Crippen LogP contribution < -0.4 is 5.32 Å². The molecule has 1 aromatic heterocycles. The minimum atomic E-state index is -0.695. The number of thiazole rings is 1. The highest BCUT2D eigenvalue weighted by Crippen LogP contribution is 2.25. The van der Waals surface area contributed by atoms with Gasteiger partial charge in [-0.05, 0) is 30.3 Å². The van der Waals surface area contributed by atoms with E-state index in [0.717, 1.165) is 5.56 Å². The quantitative estimate of drug-likeness (QED) is 0.386. The van der Waals surface area contributed by atoms with Gasteiger partial charge in [-0.2, -0.15) is 0 Å². The fraction of sp³-hybridized carbons (Fsp3) is 0.111. The minimum absolute atomic E-state index is 0.0701. The topological polar surface area (TPSA) is 94.4 Å². The molecule has 0 saturated heterocycles. The van der Waals surface area contributed by atoms with Crippen molar-refractivity contribution < 1.29 is 18.8 Å². The van der Waals surface area contributed by atoms with Crippen LogP contribution in [0, 0.1) is 15.9 Å². The number of nitrogens with zero attached hydrogens (tertiary/aromatic N) is 2. The van der Waals surface area contributed by atoms with Gasteiger partial charge < -0.3 is 10.1 Å². The molecule has 27 heavy (non-hydrogen) atoms. The number of halogens is 1. The molecule has 0 amide bonds. The minimum Gasteiger partial charge on any atom is -0.455 e. The predicted octanol–water partition coefficient (Wildman–Crippen LogP) is 4.26. The molecule has 0 bridgehead atoms. The lowest BCUT2D eigenvalue weighted by molar-refractivity contribution is -0.384. The molecule has 0 fully saturated rings. The summed E-state index contributed by atoms with van der Waals surface area (Å²) in [6, 6.07) is 9.84. The third-order valence-corrected chi connectivity index (χ3v) is 4.64. The molecule has 7 nitrogen and oxygen atoms in total. The van der Waals surface area contributed by atoms with Crippen molar-refractivity contribution in [1.82, 2.24) is 4.98 Å². The lowest BCUT2D eigenvalue weighted by atomic mass is 10.1. The van der Waals surface area contributed by atoms with Gasteiger partial charge in [-0.1, -0.05) is 0 Å². The van der Waals surface area contributed by atoms with E-state index in [9.17, 15) is 19.3 Å². The van der Waals surface area contributed by atoms with Gasteiger partial charge in [0.2, 0.25) is 0 Å². The summed E-state index contributed by atoms with van der Waals surface area (Å²) >= 11 is 1.34. The van der Waals surface area contributed by atoms with Crippen molar-refractivity contribution in [2.24, 2.45) is 0 Å². The van der Waals surface area contributed by atoms with E-state index in [2.05, 4.69) is 10.3 Å². The summed E-state index contributed by atoms with van der Waals surface area (Å²) in [6.07, 6.45) is 0. The van der Waals surface area contributed by atoms with Crippen molar-refractivity contribution in [3.05, 3.63) is 75.0 Å². The van der Waals surface area contributed by atoms with Crippen LogP contribution in [0.25, 0.3) is 10.6 Å². The molecule has 0 atom stereocenters. The van der Waals surface area contributed by atoms with Crippen molar-refractivity contribution in [3.8, 4) is 10.6 Å². The van der Waals surface area contributed by atoms with Crippen LogP contribution >= 0.6 is 11.3 Å². The van der Waals surface area contributed by atoms with Gasteiger partial charge in [-0.15, -0.1) is 11.3 Å². The standard InChI is InChI=1S/C18H14FN3O4S/c1-20-16-7-6-14(22(24)25)8-15(16)18(23)26-9-13-10-27-17(21-13)11-2-4-12(19)5-3-11/h2-8,10,20H,9H2,1H3. The third-order valence-electron chi connectivity index (χ3n) is 3.70. The molecule has 0 radical (unpaired) electrons. The number of anilines is 1. The Morgan fingerprint density at radius 2 is 2.04 bits per heavy atom. The predicted molar refractivity (Wildman–Crippen MR) is 99.3 cm³/mol. The number of rotatable bonds is 6. The zero-order chi connectivity index (χ0) is 19.4. The smallest absolute Gasteiger partial charge is 0.340 e. The molecule has 0 saturated carbocycles. The number of carbonyl (C=O) groups excluding carboxylic acids is 1. The maximum atomic E-state index is 13.0. The van der Waals surface area contributed by atoms with E-state index in [1.54, 1.807) is 24.6 Å². The summed E-state index contributed by atoms with van der Waals surface area (Å²) in [5.41, 5.74) is 1.59. The molecular weight excluding hydrogens is 373 g/mol. The molecule has 0 aliphatic rings. The first-order valence-corrected chi connectivity index (χ1v) is 8.69. The molecule has 1 N–H and O–H groups in total. The molecule has 0 spiro atoms. The molecule has 138 valence electrons. The van der Waals surface area contributed by atoms with E-state index in [1.807, 2.05) is 0 Å². The van der Waals surface area contributed by atoms with Crippen molar-refractivity contribution in [1.29, 1.82) is 0 Å². The van der Waals surface area contributed by atoms with Gasteiger partial charge in [0.15, 0.2) is 0 Å². The number of non-ortho nitro benzene ring substituents is 1. The number of esters is 1. The monoisotopic (exact) mass is 387 g/mol. The summed E-state index contributed by atoms with van der Waals surface area (Å²) in [5, 5.41) is 16.1. The Bertz CT molecular complexity index is 989. The number of ether oxygens (including phenoxy) is 1. The lowest BCUT2D eigenvalue weighted by Crippen LogP contribution is -2.09. The van der Waals surface area contributed by atoms with E-state index < -0.39 is 10.9 Å². The van der Waals surface area contributed by atoms with Crippen LogP contribution in [0.2, 0.25) is 0 Å². The molecule has 0 aliphatic carbocycles. The fourth-order valence-electron chi connectivity index (χ4n) is 2.35. The number of nitrogens with one attached hydrogen (secondary N) is 1. The lowest BCUT2D eigenvalue weighted by Gasteiger charge is -2.08. The largest absolute Gasteiger partial charge is 0.455 e. The van der Waals surface area contributed by atoms with Crippen LogP contribution in [0.15, 0.2) is 47.8 Å². The number of carbonyl (C=O) groups is 1. The molecular formula is C18H14FN3O4S. The Morgan fingerprint density at radius 3 is 2.70 bits per heavy atom. The molecule has 3 aromatic rings. The fourth-order valence-corrected chi connectivity index (χ4v) is 3.16. The summed E-state index contributed by atoms with van der Waals surface area (Å²) < 4.78 is 18.2. The molecule has 0 aliphatic heterocycles. The number of nitro benzene ring substituents is 1. The van der Waals surface area contributed by atoms with Gasteiger partial charge in [0.1, 0.15) is 17.4 Å². The van der Waals surface area contributed by atoms with Gasteiger partial charge in [0.05, 0.1) is 16.2 Å². The number of aromatic nitrogens is 1. The molecule has 0 unspecified atom stereocenters. The van der Waals surface area contributed by atoms with Crippen LogP contribution in [0.1, 0.15) is 16.1 Å². The Morgan fingerprint density at radius 1 is 1.30 bits per heavy atom. The highest BCUT2D eigenvalue weighted by Gasteiger charge is 2.18. The summed E-state index contributed by atoms with van der Waals surface area (Å²) in [6.45, 7) is -0.0810. The number of benzene rings is 2. The number of hydrogen-bond donors (Lipinski definition) is 1. The van der Waals surface area contributed by atoms with Gasteiger partial charge in [-0.3, -0.25) is 10.1 Å². The second-order valence-electron chi connectivity index (χ2n) is 5.46. The van der Waals surface area contributed by atoms with E-state index >= 15 is 0 Å². The van der Waals surface area contributed by atoms with Crippen LogP contribution in [-0.4, -0.2) is 22.9 Å². The van der Waals surface area contributed by atoms with Crippen molar-refractivity contribution in [2.45, 2.75) is 6.61 Å². The molecule has 3 rings (SSSR count). The second kappa shape index (κ2) is 7.92. The van der Waals surface area contributed by atoms with Gasteiger partial charge in [-0.25, -0.2) is 14.2 Å². The Kier molecular flexibility index (Phi) is 5.41. The van der Waals surface area contributed by atoms with E-state index in [1.165, 1.54) is 41.7 Å². The van der Waals surface area contributed by atoms with Crippen LogP contribution in [-0.2, 0) is 11.3 Å². The Labute approximate surface area is 157 Å². The normalized spacial score (nSPS) is 10.4. The molecule has 2 aromatic carbocycles. The molecule has 1 heterocycles. The first-order valence-electron chi connectivity index (χ1n) is 7.81. The van der Waals surface area contributed by atoms with E-state index in [4.69, 9.17) is 4.74 Å². The summed E-state index contributed by atoms with van der Waals surface area (Å²) in [5.74, 6) is -1.03. The Balaban J connectivity index is 1.72. The van der Waals surface area contributed by atoms with E-state index in [-0.39, 0.29) is 23.7 Å². The average Bonchev–Trinajstić information content (AvgIpc) is 3.15. The number of nitro groups is 1. The first-order chi connectivity index (χ1) is 13.0.